The van der Waals surface area contributed by atoms with Crippen LogP contribution in [0.1, 0.15) is 37.6 Å². The molecule has 10 heteroatoms. The molecule has 208 valence electrons. The third-order valence-corrected chi connectivity index (χ3v) is 8.18. The number of nitrogens with one attached hydrogen (secondary N) is 1. The second-order valence-corrected chi connectivity index (χ2v) is 10.9. The van der Waals surface area contributed by atoms with Crippen molar-refractivity contribution >= 4 is 22.4 Å². The van der Waals surface area contributed by atoms with E-state index in [4.69, 9.17) is 9.47 Å². The van der Waals surface area contributed by atoms with Gasteiger partial charge in [0.1, 0.15) is 17.5 Å². The molecule has 3 aliphatic rings. The van der Waals surface area contributed by atoms with Crippen LogP contribution in [0, 0.1) is 0 Å². The molecule has 0 amide bonds. The topological polar surface area (TPSA) is 99.1 Å². The van der Waals surface area contributed by atoms with Gasteiger partial charge in [0.05, 0.1) is 42.4 Å². The summed E-state index contributed by atoms with van der Waals surface area (Å²) in [7, 11) is 2.15. The van der Waals surface area contributed by atoms with Gasteiger partial charge in [-0.1, -0.05) is 0 Å². The number of ether oxygens (including phenoxy) is 2. The zero-order valence-corrected chi connectivity index (χ0v) is 22.7. The van der Waals surface area contributed by atoms with Crippen LogP contribution >= 0.6 is 0 Å². The predicted molar refractivity (Wildman–Crippen MR) is 151 cm³/mol. The molecule has 1 aliphatic carbocycles. The number of nitrogens with zero attached hydrogens (tertiary/aromatic N) is 6. The zero-order chi connectivity index (χ0) is 26.6. The van der Waals surface area contributed by atoms with Crippen LogP contribution in [0.15, 0.2) is 42.9 Å². The Morgan fingerprint density at radius 1 is 0.897 bits per heavy atom. The monoisotopic (exact) mass is 533 g/mol. The number of hydrogen-bond donors (Lipinski definition) is 2. The van der Waals surface area contributed by atoms with Crippen LogP contribution in [0.25, 0.3) is 11.0 Å². The average molecular weight is 534 g/mol. The molecule has 3 fully saturated rings. The van der Waals surface area contributed by atoms with Gasteiger partial charge in [-0.2, -0.15) is 0 Å². The lowest BCUT2D eigenvalue weighted by molar-refractivity contribution is 0.0866. The maximum Gasteiger partial charge on any atom is 0.149 e. The zero-order valence-electron chi connectivity index (χ0n) is 22.7. The third kappa shape index (κ3) is 6.24. The van der Waals surface area contributed by atoms with E-state index in [0.717, 1.165) is 106 Å². The van der Waals surface area contributed by atoms with Gasteiger partial charge < -0.3 is 29.3 Å². The summed E-state index contributed by atoms with van der Waals surface area (Å²) >= 11 is 0. The van der Waals surface area contributed by atoms with Gasteiger partial charge in [0.15, 0.2) is 0 Å². The second-order valence-electron chi connectivity index (χ2n) is 10.9. The molecule has 4 heterocycles. The third-order valence-electron chi connectivity index (χ3n) is 8.18. The summed E-state index contributed by atoms with van der Waals surface area (Å²) in [5, 5.41) is 14.2. The predicted octanol–water partition coefficient (Wildman–Crippen LogP) is 2.58. The van der Waals surface area contributed by atoms with Crippen molar-refractivity contribution in [3.8, 4) is 5.75 Å². The Bertz CT molecular complexity index is 1220. The van der Waals surface area contributed by atoms with Gasteiger partial charge in [0.25, 0.3) is 0 Å². The maximum atomic E-state index is 10.8. The minimum Gasteiger partial charge on any atom is -0.488 e. The first-order valence-electron chi connectivity index (χ1n) is 14.2. The van der Waals surface area contributed by atoms with Crippen LogP contribution in [-0.4, -0.2) is 96.6 Å². The normalized spacial score (nSPS) is 23.6. The summed E-state index contributed by atoms with van der Waals surface area (Å²) in [5.41, 5.74) is 4.53. The van der Waals surface area contributed by atoms with E-state index in [-0.39, 0.29) is 12.1 Å². The molecule has 2 N–H and O–H groups in total. The van der Waals surface area contributed by atoms with E-state index in [1.807, 2.05) is 12.3 Å². The van der Waals surface area contributed by atoms with Crippen molar-refractivity contribution in [3.63, 3.8) is 0 Å². The molecular formula is C29H39N7O3. The summed E-state index contributed by atoms with van der Waals surface area (Å²) in [6, 6.07) is 8.42. The number of pyridine rings is 1. The van der Waals surface area contributed by atoms with E-state index in [1.165, 1.54) is 0 Å². The number of aromatic nitrogens is 3. The van der Waals surface area contributed by atoms with Crippen molar-refractivity contribution in [3.05, 3.63) is 48.5 Å². The highest BCUT2D eigenvalue weighted by molar-refractivity contribution is 5.85. The van der Waals surface area contributed by atoms with Gasteiger partial charge in [-0.3, -0.25) is 15.3 Å². The number of morpholine rings is 1. The van der Waals surface area contributed by atoms with E-state index in [2.05, 4.69) is 60.2 Å². The Morgan fingerprint density at radius 2 is 1.64 bits per heavy atom. The summed E-state index contributed by atoms with van der Waals surface area (Å²) in [5.74, 6) is 0.795. The van der Waals surface area contributed by atoms with Crippen LogP contribution in [0.3, 0.4) is 0 Å². The molecule has 1 aromatic carbocycles. The number of anilines is 2. The molecule has 3 aromatic rings. The minimum atomic E-state index is -0.779. The van der Waals surface area contributed by atoms with E-state index in [9.17, 15) is 5.11 Å². The molecule has 0 bridgehead atoms. The SMILES string of the molecule is CN1CCN(c2ccc(C(O)NC3CCC(Oc4cc(N5CCOCC5)cc5nccnc45)CC3)nc2)CC1. The van der Waals surface area contributed by atoms with Crippen molar-refractivity contribution in [1.82, 2.24) is 25.2 Å². The number of likely N-dealkylation sites (N-methyl/N-ethyl adjacent to an activating group) is 1. The molecule has 0 spiro atoms. The van der Waals surface area contributed by atoms with E-state index < -0.39 is 6.23 Å². The van der Waals surface area contributed by atoms with Crippen LogP contribution < -0.4 is 19.9 Å². The van der Waals surface area contributed by atoms with Crippen LogP contribution in [0.5, 0.6) is 5.75 Å². The van der Waals surface area contributed by atoms with Gasteiger partial charge in [-0.25, -0.2) is 4.98 Å². The fourth-order valence-electron chi connectivity index (χ4n) is 5.77. The molecule has 2 saturated heterocycles. The lowest BCUT2D eigenvalue weighted by Crippen LogP contribution is -2.44. The number of rotatable bonds is 7. The van der Waals surface area contributed by atoms with Crippen LogP contribution in [-0.2, 0) is 4.74 Å². The average Bonchev–Trinajstić information content (AvgIpc) is 2.99. The molecule has 0 radical (unpaired) electrons. The molecular weight excluding hydrogens is 494 g/mol. The van der Waals surface area contributed by atoms with Crippen molar-refractivity contribution in [1.29, 1.82) is 0 Å². The molecule has 1 unspecified atom stereocenters. The Hall–Kier alpha value is -3.05. The Morgan fingerprint density at radius 3 is 2.38 bits per heavy atom. The van der Waals surface area contributed by atoms with Gasteiger partial charge in [-0.05, 0) is 50.9 Å². The summed E-state index contributed by atoms with van der Waals surface area (Å²) < 4.78 is 12.1. The van der Waals surface area contributed by atoms with Crippen molar-refractivity contribution in [2.45, 2.75) is 44.1 Å². The first-order chi connectivity index (χ1) is 19.1. The minimum absolute atomic E-state index is 0.103. The fourth-order valence-corrected chi connectivity index (χ4v) is 5.77. The summed E-state index contributed by atoms with van der Waals surface area (Å²) in [6.07, 6.45) is 8.32. The highest BCUT2D eigenvalue weighted by Crippen LogP contribution is 2.33. The smallest absolute Gasteiger partial charge is 0.149 e. The maximum absolute atomic E-state index is 10.8. The summed E-state index contributed by atoms with van der Waals surface area (Å²) in [4.78, 5) is 20.7. The van der Waals surface area contributed by atoms with Crippen molar-refractivity contribution < 1.29 is 14.6 Å². The van der Waals surface area contributed by atoms with Crippen molar-refractivity contribution in [2.24, 2.45) is 0 Å². The number of piperazine rings is 1. The number of benzene rings is 1. The molecule has 2 aromatic heterocycles. The van der Waals surface area contributed by atoms with Crippen molar-refractivity contribution in [2.75, 3.05) is 69.3 Å². The second kappa shape index (κ2) is 12.0. The molecule has 1 atom stereocenters. The van der Waals surface area contributed by atoms with Gasteiger partial charge >= 0.3 is 0 Å². The quantitative estimate of drug-likeness (QED) is 0.441. The standard InChI is InChI=1S/C29H39N7O3/c1-34-10-12-35(13-11-34)22-4-7-25(32-20-22)29(37)33-21-2-5-24(6-3-21)39-27-19-23(36-14-16-38-17-15-36)18-26-28(27)31-9-8-30-26/h4,7-9,18-21,24,29,33,37H,2-3,5-6,10-17H2,1H3. The van der Waals surface area contributed by atoms with E-state index in [0.29, 0.717) is 5.69 Å². The molecule has 6 rings (SSSR count). The number of fused-ring (bicyclic) bond motifs is 1. The Balaban J connectivity index is 1.04. The van der Waals surface area contributed by atoms with Gasteiger partial charge in [-0.15, -0.1) is 0 Å². The van der Waals surface area contributed by atoms with Crippen LogP contribution in [0.2, 0.25) is 0 Å². The first-order valence-corrected chi connectivity index (χ1v) is 14.2. The lowest BCUT2D eigenvalue weighted by Gasteiger charge is -2.34. The molecule has 39 heavy (non-hydrogen) atoms. The summed E-state index contributed by atoms with van der Waals surface area (Å²) in [6.45, 7) is 7.30. The molecule has 1 saturated carbocycles. The lowest BCUT2D eigenvalue weighted by atomic mass is 9.92. The number of hydrogen-bond acceptors (Lipinski definition) is 10. The number of aliphatic hydroxyl groups is 1. The van der Waals surface area contributed by atoms with Gasteiger partial charge in [0.2, 0.25) is 0 Å². The van der Waals surface area contributed by atoms with E-state index >= 15 is 0 Å². The molecule has 10 nitrogen and oxygen atoms in total. The van der Waals surface area contributed by atoms with Crippen LogP contribution in [0.4, 0.5) is 11.4 Å². The van der Waals surface area contributed by atoms with Gasteiger partial charge in [0, 0.05) is 69.5 Å². The Labute approximate surface area is 230 Å². The highest BCUT2D eigenvalue weighted by Gasteiger charge is 2.26. The largest absolute Gasteiger partial charge is 0.488 e. The fraction of sp³-hybridized carbons (Fsp3) is 0.552. The van der Waals surface area contributed by atoms with E-state index in [1.54, 1.807) is 12.4 Å². The Kier molecular flexibility index (Phi) is 8.05. The first kappa shape index (κ1) is 26.2. The molecule has 2 aliphatic heterocycles. The highest BCUT2D eigenvalue weighted by atomic mass is 16.5. The number of aliphatic hydroxyl groups excluding tert-OH is 1.